The van der Waals surface area contributed by atoms with Crippen molar-refractivity contribution in [2.24, 2.45) is 0 Å². The van der Waals surface area contributed by atoms with Crippen LogP contribution < -0.4 is 15.4 Å². The van der Waals surface area contributed by atoms with E-state index in [1.54, 1.807) is 37.5 Å². The zero-order valence-corrected chi connectivity index (χ0v) is 15.8. The molecule has 1 fully saturated rings. The summed E-state index contributed by atoms with van der Waals surface area (Å²) in [5.41, 5.74) is 1.44. The van der Waals surface area contributed by atoms with Gasteiger partial charge in [0.05, 0.1) is 13.2 Å². The van der Waals surface area contributed by atoms with E-state index in [4.69, 9.17) is 9.47 Å². The van der Waals surface area contributed by atoms with Crippen molar-refractivity contribution < 1.29 is 19.1 Å². The lowest BCUT2D eigenvalue weighted by Crippen LogP contribution is -2.38. The highest BCUT2D eigenvalue weighted by atomic mass is 16.5. The number of hydrogen-bond acceptors (Lipinski definition) is 4. The summed E-state index contributed by atoms with van der Waals surface area (Å²) in [6.45, 7) is 1.14. The number of amides is 2. The highest BCUT2D eigenvalue weighted by Crippen LogP contribution is 2.13. The Morgan fingerprint density at radius 1 is 1.14 bits per heavy atom. The van der Waals surface area contributed by atoms with Gasteiger partial charge in [-0.15, -0.1) is 0 Å². The Balaban J connectivity index is 1.73. The van der Waals surface area contributed by atoms with Crippen molar-refractivity contribution in [3.8, 4) is 5.75 Å². The molecule has 0 aliphatic carbocycles. The molecule has 1 aliphatic rings. The van der Waals surface area contributed by atoms with Crippen molar-refractivity contribution >= 4 is 17.9 Å². The van der Waals surface area contributed by atoms with Crippen LogP contribution in [-0.4, -0.2) is 38.2 Å². The zero-order chi connectivity index (χ0) is 19.8. The van der Waals surface area contributed by atoms with Gasteiger partial charge in [-0.1, -0.05) is 30.3 Å². The van der Waals surface area contributed by atoms with Crippen LogP contribution in [0.25, 0.3) is 6.08 Å². The Labute approximate surface area is 164 Å². The first-order valence-electron chi connectivity index (χ1n) is 9.27. The van der Waals surface area contributed by atoms with Gasteiger partial charge in [0.15, 0.2) is 0 Å². The maximum atomic E-state index is 12.7. The fraction of sp³-hybridized carbons (Fsp3) is 0.273. The van der Waals surface area contributed by atoms with E-state index in [9.17, 15) is 9.59 Å². The van der Waals surface area contributed by atoms with E-state index in [1.165, 1.54) is 0 Å². The minimum atomic E-state index is -0.364. The maximum absolute atomic E-state index is 12.7. The minimum absolute atomic E-state index is 0.0271. The summed E-state index contributed by atoms with van der Waals surface area (Å²) < 4.78 is 10.6. The summed E-state index contributed by atoms with van der Waals surface area (Å²) in [5.74, 6) is -0.0516. The number of carbonyl (C=O) groups excluding carboxylic acids is 2. The second-order valence-electron chi connectivity index (χ2n) is 6.50. The molecule has 0 spiro atoms. The Kier molecular flexibility index (Phi) is 6.81. The van der Waals surface area contributed by atoms with Gasteiger partial charge in [0.1, 0.15) is 11.4 Å². The molecular formula is C22H24N2O4. The topological polar surface area (TPSA) is 76.7 Å². The van der Waals surface area contributed by atoms with Crippen molar-refractivity contribution in [1.82, 2.24) is 10.6 Å². The summed E-state index contributed by atoms with van der Waals surface area (Å²) in [6, 6.07) is 16.1. The third kappa shape index (κ3) is 5.44. The van der Waals surface area contributed by atoms with E-state index in [0.29, 0.717) is 17.9 Å². The van der Waals surface area contributed by atoms with Gasteiger partial charge in [0, 0.05) is 18.7 Å². The fourth-order valence-electron chi connectivity index (χ4n) is 2.92. The standard InChI is InChI=1S/C22H24N2O4/c1-27-18-11-9-17(10-12-18)21(25)24-20(14-16-6-3-2-4-7-16)22(26)23-15-19-8-5-13-28-19/h2-4,6-7,9-12,14,19H,5,8,13,15H2,1H3,(H,23,26)(H,24,25)/b20-14+/t19-/m0/s1. The van der Waals surface area contributed by atoms with Gasteiger partial charge >= 0.3 is 0 Å². The molecule has 2 aromatic rings. The second kappa shape index (κ2) is 9.71. The molecule has 0 saturated carbocycles. The Morgan fingerprint density at radius 3 is 2.54 bits per heavy atom. The van der Waals surface area contributed by atoms with Crippen molar-refractivity contribution in [2.75, 3.05) is 20.3 Å². The number of benzene rings is 2. The van der Waals surface area contributed by atoms with Crippen LogP contribution in [0.4, 0.5) is 0 Å². The largest absolute Gasteiger partial charge is 0.497 e. The summed E-state index contributed by atoms with van der Waals surface area (Å²) in [6.07, 6.45) is 3.61. The number of rotatable bonds is 7. The molecule has 1 atom stereocenters. The van der Waals surface area contributed by atoms with Crippen molar-refractivity contribution in [2.45, 2.75) is 18.9 Å². The minimum Gasteiger partial charge on any atom is -0.497 e. The molecule has 1 saturated heterocycles. The third-order valence-corrected chi connectivity index (χ3v) is 4.47. The van der Waals surface area contributed by atoms with E-state index in [-0.39, 0.29) is 23.6 Å². The van der Waals surface area contributed by atoms with E-state index >= 15 is 0 Å². The Bertz CT molecular complexity index is 825. The molecular weight excluding hydrogens is 356 g/mol. The van der Waals surface area contributed by atoms with E-state index < -0.39 is 0 Å². The fourth-order valence-corrected chi connectivity index (χ4v) is 2.92. The molecule has 0 bridgehead atoms. The van der Waals surface area contributed by atoms with Gasteiger partial charge in [0.25, 0.3) is 11.8 Å². The van der Waals surface area contributed by atoms with Gasteiger partial charge in [-0.05, 0) is 48.7 Å². The SMILES string of the molecule is COc1ccc(C(=O)N/C(=C/c2ccccc2)C(=O)NC[C@@H]2CCCO2)cc1. The van der Waals surface area contributed by atoms with E-state index in [0.717, 1.165) is 25.0 Å². The van der Waals surface area contributed by atoms with Gasteiger partial charge in [0.2, 0.25) is 0 Å². The first-order valence-corrected chi connectivity index (χ1v) is 9.27. The van der Waals surface area contributed by atoms with Crippen molar-refractivity contribution in [3.05, 3.63) is 71.4 Å². The van der Waals surface area contributed by atoms with Crippen LogP contribution in [0.1, 0.15) is 28.8 Å². The van der Waals surface area contributed by atoms with Gasteiger partial charge in [-0.2, -0.15) is 0 Å². The predicted octanol–water partition coefficient (Wildman–Crippen LogP) is 2.76. The lowest BCUT2D eigenvalue weighted by Gasteiger charge is -2.14. The molecule has 6 heteroatoms. The van der Waals surface area contributed by atoms with Crippen molar-refractivity contribution in [1.29, 1.82) is 0 Å². The van der Waals surface area contributed by atoms with Crippen LogP contribution in [0.2, 0.25) is 0 Å². The lowest BCUT2D eigenvalue weighted by molar-refractivity contribution is -0.118. The summed E-state index contributed by atoms with van der Waals surface area (Å²) in [7, 11) is 1.56. The predicted molar refractivity (Wildman–Crippen MR) is 107 cm³/mol. The second-order valence-corrected chi connectivity index (χ2v) is 6.50. The Hall–Kier alpha value is -3.12. The zero-order valence-electron chi connectivity index (χ0n) is 15.8. The maximum Gasteiger partial charge on any atom is 0.267 e. The molecule has 0 radical (unpaired) electrons. The first-order chi connectivity index (χ1) is 13.7. The number of carbonyl (C=O) groups is 2. The summed E-state index contributed by atoms with van der Waals surface area (Å²) in [4.78, 5) is 25.3. The number of ether oxygens (including phenoxy) is 2. The lowest BCUT2D eigenvalue weighted by atomic mass is 10.1. The molecule has 28 heavy (non-hydrogen) atoms. The molecule has 2 aromatic carbocycles. The summed E-state index contributed by atoms with van der Waals surface area (Å²) in [5, 5.41) is 5.58. The van der Waals surface area contributed by atoms with E-state index in [1.807, 2.05) is 30.3 Å². The van der Waals surface area contributed by atoms with Crippen LogP contribution in [0, 0.1) is 0 Å². The quantitative estimate of drug-likeness (QED) is 0.724. The average Bonchev–Trinajstić information content (AvgIpc) is 3.26. The molecule has 6 nitrogen and oxygen atoms in total. The molecule has 3 rings (SSSR count). The number of methoxy groups -OCH3 is 1. The molecule has 0 aromatic heterocycles. The van der Waals surface area contributed by atoms with Crippen LogP contribution >= 0.6 is 0 Å². The van der Waals surface area contributed by atoms with Gasteiger partial charge in [-0.3, -0.25) is 9.59 Å². The van der Waals surface area contributed by atoms with E-state index in [2.05, 4.69) is 10.6 Å². The summed E-state index contributed by atoms with van der Waals surface area (Å²) >= 11 is 0. The monoisotopic (exact) mass is 380 g/mol. The van der Waals surface area contributed by atoms with Crippen LogP contribution in [0.5, 0.6) is 5.75 Å². The number of nitrogens with one attached hydrogen (secondary N) is 2. The molecule has 1 aliphatic heterocycles. The van der Waals surface area contributed by atoms with Crippen LogP contribution in [0.15, 0.2) is 60.3 Å². The van der Waals surface area contributed by atoms with Crippen LogP contribution in [0.3, 0.4) is 0 Å². The molecule has 146 valence electrons. The molecule has 1 heterocycles. The molecule has 2 N–H and O–H groups in total. The Morgan fingerprint density at radius 2 is 1.89 bits per heavy atom. The molecule has 0 unspecified atom stereocenters. The highest BCUT2D eigenvalue weighted by molar-refractivity contribution is 6.05. The molecule has 2 amide bonds. The normalized spacial score (nSPS) is 16.5. The first kappa shape index (κ1) is 19.6. The smallest absolute Gasteiger partial charge is 0.267 e. The number of hydrogen-bond donors (Lipinski definition) is 2. The van der Waals surface area contributed by atoms with Crippen LogP contribution in [-0.2, 0) is 9.53 Å². The highest BCUT2D eigenvalue weighted by Gasteiger charge is 2.19. The van der Waals surface area contributed by atoms with Gasteiger partial charge in [-0.25, -0.2) is 0 Å². The van der Waals surface area contributed by atoms with Crippen molar-refractivity contribution in [3.63, 3.8) is 0 Å². The average molecular weight is 380 g/mol. The van der Waals surface area contributed by atoms with Gasteiger partial charge < -0.3 is 20.1 Å². The third-order valence-electron chi connectivity index (χ3n) is 4.47.